The standard InChI is InChI=1S/C17H26N6O/c1-3-13(4-2)17(24)18-7-10-23-16-14(11-21-23)15(19-12-20-16)22-8-5-6-9-22/h11-13H,3-10H2,1-2H3,(H,18,24). The maximum Gasteiger partial charge on any atom is 0.223 e. The van der Waals surface area contributed by atoms with Gasteiger partial charge < -0.3 is 10.2 Å². The van der Waals surface area contributed by atoms with Gasteiger partial charge in [0.1, 0.15) is 12.1 Å². The van der Waals surface area contributed by atoms with Crippen molar-refractivity contribution in [1.82, 2.24) is 25.1 Å². The van der Waals surface area contributed by atoms with E-state index in [9.17, 15) is 4.79 Å². The van der Waals surface area contributed by atoms with Crippen LogP contribution in [0.25, 0.3) is 11.0 Å². The van der Waals surface area contributed by atoms with E-state index in [4.69, 9.17) is 0 Å². The van der Waals surface area contributed by atoms with Gasteiger partial charge in [0, 0.05) is 25.6 Å². The van der Waals surface area contributed by atoms with E-state index in [0.717, 1.165) is 42.8 Å². The second-order valence-corrected chi connectivity index (χ2v) is 6.30. The molecule has 3 rings (SSSR count). The van der Waals surface area contributed by atoms with Gasteiger partial charge in [0.05, 0.1) is 18.1 Å². The molecule has 7 heteroatoms. The zero-order valence-corrected chi connectivity index (χ0v) is 14.5. The van der Waals surface area contributed by atoms with Gasteiger partial charge in [-0.3, -0.25) is 4.79 Å². The molecule has 130 valence electrons. The van der Waals surface area contributed by atoms with E-state index in [1.807, 2.05) is 24.7 Å². The van der Waals surface area contributed by atoms with Gasteiger partial charge in [-0.1, -0.05) is 13.8 Å². The number of carbonyl (C=O) groups is 1. The molecule has 0 aromatic carbocycles. The van der Waals surface area contributed by atoms with Crippen LogP contribution in [0.3, 0.4) is 0 Å². The smallest absolute Gasteiger partial charge is 0.223 e. The number of rotatable bonds is 7. The normalized spacial score (nSPS) is 14.7. The molecule has 2 aromatic heterocycles. The van der Waals surface area contributed by atoms with E-state index in [2.05, 4.69) is 25.3 Å². The monoisotopic (exact) mass is 330 g/mol. The van der Waals surface area contributed by atoms with Gasteiger partial charge in [0.15, 0.2) is 5.65 Å². The SMILES string of the molecule is CCC(CC)C(=O)NCCn1ncc2c(N3CCCC3)ncnc21. The minimum atomic E-state index is 0.100. The van der Waals surface area contributed by atoms with Crippen molar-refractivity contribution >= 4 is 22.8 Å². The third-order valence-corrected chi connectivity index (χ3v) is 4.80. The number of aromatic nitrogens is 4. The summed E-state index contributed by atoms with van der Waals surface area (Å²) in [5, 5.41) is 8.44. The summed E-state index contributed by atoms with van der Waals surface area (Å²) in [6, 6.07) is 0. The summed E-state index contributed by atoms with van der Waals surface area (Å²) in [6.07, 6.45) is 7.62. The number of carbonyl (C=O) groups excluding carboxylic acids is 1. The molecule has 0 spiro atoms. The second-order valence-electron chi connectivity index (χ2n) is 6.30. The Morgan fingerprint density at radius 3 is 2.71 bits per heavy atom. The van der Waals surface area contributed by atoms with Crippen molar-refractivity contribution in [3.63, 3.8) is 0 Å². The largest absolute Gasteiger partial charge is 0.356 e. The van der Waals surface area contributed by atoms with E-state index in [-0.39, 0.29) is 11.8 Å². The number of amides is 1. The Bertz CT molecular complexity index is 687. The molecule has 24 heavy (non-hydrogen) atoms. The molecule has 1 aliphatic rings. The van der Waals surface area contributed by atoms with Crippen LogP contribution in [0.5, 0.6) is 0 Å². The Morgan fingerprint density at radius 1 is 1.25 bits per heavy atom. The molecule has 0 atom stereocenters. The zero-order valence-electron chi connectivity index (χ0n) is 14.5. The van der Waals surface area contributed by atoms with Crippen molar-refractivity contribution in [1.29, 1.82) is 0 Å². The lowest BCUT2D eigenvalue weighted by Crippen LogP contribution is -2.32. The first-order valence-electron chi connectivity index (χ1n) is 8.93. The van der Waals surface area contributed by atoms with Crippen LogP contribution in [0.1, 0.15) is 39.5 Å². The van der Waals surface area contributed by atoms with Gasteiger partial charge in [0.25, 0.3) is 0 Å². The number of anilines is 1. The molecular weight excluding hydrogens is 304 g/mol. The number of hydrogen-bond acceptors (Lipinski definition) is 5. The topological polar surface area (TPSA) is 75.9 Å². The highest BCUT2D eigenvalue weighted by Crippen LogP contribution is 2.25. The summed E-state index contributed by atoms with van der Waals surface area (Å²) in [5.74, 6) is 1.21. The van der Waals surface area contributed by atoms with Gasteiger partial charge in [-0.05, 0) is 25.7 Å². The molecule has 1 aliphatic heterocycles. The molecule has 0 radical (unpaired) electrons. The van der Waals surface area contributed by atoms with Crippen LogP contribution >= 0.6 is 0 Å². The second kappa shape index (κ2) is 7.59. The molecule has 1 saturated heterocycles. The third kappa shape index (κ3) is 3.34. The summed E-state index contributed by atoms with van der Waals surface area (Å²) in [4.78, 5) is 23.2. The zero-order chi connectivity index (χ0) is 16.9. The summed E-state index contributed by atoms with van der Waals surface area (Å²) in [5.41, 5.74) is 0.837. The van der Waals surface area contributed by atoms with Crippen molar-refractivity contribution in [2.75, 3.05) is 24.5 Å². The molecule has 7 nitrogen and oxygen atoms in total. The van der Waals surface area contributed by atoms with Crippen LogP contribution < -0.4 is 10.2 Å². The molecule has 0 unspecified atom stereocenters. The quantitative estimate of drug-likeness (QED) is 0.840. The summed E-state index contributed by atoms with van der Waals surface area (Å²) >= 11 is 0. The fraction of sp³-hybridized carbons (Fsp3) is 0.647. The Labute approximate surface area is 142 Å². The van der Waals surface area contributed by atoms with Crippen LogP contribution in [-0.2, 0) is 11.3 Å². The van der Waals surface area contributed by atoms with Crippen LogP contribution in [0.4, 0.5) is 5.82 Å². The molecule has 0 bridgehead atoms. The number of fused-ring (bicyclic) bond motifs is 1. The maximum atomic E-state index is 12.1. The Kier molecular flexibility index (Phi) is 5.27. The van der Waals surface area contributed by atoms with Gasteiger partial charge in [-0.15, -0.1) is 0 Å². The molecule has 1 fully saturated rings. The third-order valence-electron chi connectivity index (χ3n) is 4.80. The molecule has 0 aliphatic carbocycles. The van der Waals surface area contributed by atoms with Crippen LogP contribution in [0.2, 0.25) is 0 Å². The number of nitrogens with zero attached hydrogens (tertiary/aromatic N) is 5. The van der Waals surface area contributed by atoms with Crippen molar-refractivity contribution in [3.8, 4) is 0 Å². The van der Waals surface area contributed by atoms with E-state index >= 15 is 0 Å². The fourth-order valence-corrected chi connectivity index (χ4v) is 3.31. The Balaban J connectivity index is 1.68. The van der Waals surface area contributed by atoms with Crippen LogP contribution in [0.15, 0.2) is 12.5 Å². The predicted octanol–water partition coefficient (Wildman–Crippen LogP) is 1.98. The minimum absolute atomic E-state index is 0.100. The van der Waals surface area contributed by atoms with Crippen molar-refractivity contribution in [3.05, 3.63) is 12.5 Å². The maximum absolute atomic E-state index is 12.1. The summed E-state index contributed by atoms with van der Waals surface area (Å²) in [7, 11) is 0. The fourth-order valence-electron chi connectivity index (χ4n) is 3.31. The Morgan fingerprint density at radius 2 is 2.00 bits per heavy atom. The highest BCUT2D eigenvalue weighted by molar-refractivity contribution is 5.86. The predicted molar refractivity (Wildman–Crippen MR) is 93.9 cm³/mol. The molecule has 1 N–H and O–H groups in total. The van der Waals surface area contributed by atoms with Crippen molar-refractivity contribution in [2.45, 2.75) is 46.1 Å². The van der Waals surface area contributed by atoms with Gasteiger partial charge in [-0.25, -0.2) is 14.6 Å². The molecule has 2 aromatic rings. The van der Waals surface area contributed by atoms with Gasteiger partial charge in [0.2, 0.25) is 5.91 Å². The van der Waals surface area contributed by atoms with Crippen molar-refractivity contribution in [2.24, 2.45) is 5.92 Å². The van der Waals surface area contributed by atoms with Crippen LogP contribution in [0, 0.1) is 5.92 Å². The van der Waals surface area contributed by atoms with E-state index in [1.54, 1.807) is 6.33 Å². The Hall–Kier alpha value is -2.18. The molecule has 0 saturated carbocycles. The first kappa shape index (κ1) is 16.7. The molecular formula is C17H26N6O. The average Bonchev–Trinajstić information content (AvgIpc) is 3.26. The number of hydrogen-bond donors (Lipinski definition) is 1. The number of nitrogens with one attached hydrogen (secondary N) is 1. The van der Waals surface area contributed by atoms with E-state index < -0.39 is 0 Å². The summed E-state index contributed by atoms with van der Waals surface area (Å²) < 4.78 is 1.85. The van der Waals surface area contributed by atoms with E-state index in [0.29, 0.717) is 13.1 Å². The highest BCUT2D eigenvalue weighted by atomic mass is 16.1. The van der Waals surface area contributed by atoms with E-state index in [1.165, 1.54) is 12.8 Å². The van der Waals surface area contributed by atoms with Crippen LogP contribution in [-0.4, -0.2) is 45.3 Å². The highest BCUT2D eigenvalue weighted by Gasteiger charge is 2.19. The summed E-state index contributed by atoms with van der Waals surface area (Å²) in [6.45, 7) is 7.36. The van der Waals surface area contributed by atoms with Crippen molar-refractivity contribution < 1.29 is 4.79 Å². The lowest BCUT2D eigenvalue weighted by Gasteiger charge is -2.16. The first-order chi connectivity index (χ1) is 11.7. The van der Waals surface area contributed by atoms with Gasteiger partial charge in [-0.2, -0.15) is 5.10 Å². The minimum Gasteiger partial charge on any atom is -0.356 e. The molecule has 1 amide bonds. The lowest BCUT2D eigenvalue weighted by molar-refractivity contribution is -0.125. The van der Waals surface area contributed by atoms with Gasteiger partial charge >= 0.3 is 0 Å². The average molecular weight is 330 g/mol. The molecule has 3 heterocycles. The first-order valence-corrected chi connectivity index (χ1v) is 8.93. The lowest BCUT2D eigenvalue weighted by atomic mass is 10.0.